The Hall–Kier alpha value is -2.64. The number of amides is 1. The molecule has 0 aromatic heterocycles. The molecule has 0 spiro atoms. The van der Waals surface area contributed by atoms with Crippen LogP contribution in [-0.2, 0) is 4.79 Å². The van der Waals surface area contributed by atoms with Crippen LogP contribution in [-0.4, -0.2) is 54.3 Å². The lowest BCUT2D eigenvalue weighted by atomic mass is 10.0. The van der Waals surface area contributed by atoms with Crippen LogP contribution in [0, 0.1) is 12.7 Å². The molecule has 162 valence electrons. The summed E-state index contributed by atoms with van der Waals surface area (Å²) in [6.45, 7) is 5.83. The van der Waals surface area contributed by atoms with Crippen molar-refractivity contribution in [2.75, 3.05) is 36.9 Å². The smallest absolute Gasteiger partial charge is 0.221 e. The Balaban J connectivity index is 1.43. The summed E-state index contributed by atoms with van der Waals surface area (Å²) >= 11 is 0. The Kier molecular flexibility index (Phi) is 7.65. The number of hydrogen-bond donors (Lipinski definition) is 3. The molecule has 1 unspecified atom stereocenters. The Labute approximate surface area is 177 Å². The summed E-state index contributed by atoms with van der Waals surface area (Å²) in [5.74, 6) is 0.161. The number of hydrogen-bond acceptors (Lipinski definition) is 5. The number of aliphatic hydroxyl groups excluding tert-OH is 1. The van der Waals surface area contributed by atoms with E-state index in [-0.39, 0.29) is 18.3 Å². The standard InChI is InChI=1S/C23H30FN3O3/c1-16-3-8-22(25-17(2)28)23(13-16)30-15-21(29)14-27-11-9-20(10-12-27)26-19-6-4-18(24)5-7-19/h3-8,13,20-21,26,29H,9-12,14-15H2,1-2H3,(H,25,28). The maximum absolute atomic E-state index is 13.0. The first-order chi connectivity index (χ1) is 14.4. The van der Waals surface area contributed by atoms with Gasteiger partial charge < -0.3 is 25.4 Å². The molecule has 0 aliphatic carbocycles. The Morgan fingerprint density at radius 3 is 2.60 bits per heavy atom. The van der Waals surface area contributed by atoms with Gasteiger partial charge in [-0.15, -0.1) is 0 Å². The van der Waals surface area contributed by atoms with Gasteiger partial charge in [-0.2, -0.15) is 0 Å². The van der Waals surface area contributed by atoms with Crippen LogP contribution < -0.4 is 15.4 Å². The number of carbonyl (C=O) groups excluding carboxylic acids is 1. The Morgan fingerprint density at radius 1 is 1.23 bits per heavy atom. The van der Waals surface area contributed by atoms with E-state index in [1.54, 1.807) is 18.2 Å². The molecule has 1 aliphatic heterocycles. The number of carbonyl (C=O) groups is 1. The van der Waals surface area contributed by atoms with Crippen LogP contribution in [0.25, 0.3) is 0 Å². The second kappa shape index (κ2) is 10.4. The van der Waals surface area contributed by atoms with E-state index in [1.165, 1.54) is 19.1 Å². The van der Waals surface area contributed by atoms with Crippen molar-refractivity contribution in [2.45, 2.75) is 38.8 Å². The molecule has 7 heteroatoms. The molecule has 6 nitrogen and oxygen atoms in total. The van der Waals surface area contributed by atoms with E-state index in [9.17, 15) is 14.3 Å². The monoisotopic (exact) mass is 415 g/mol. The van der Waals surface area contributed by atoms with Crippen LogP contribution >= 0.6 is 0 Å². The number of aliphatic hydroxyl groups is 1. The predicted molar refractivity (Wildman–Crippen MR) is 116 cm³/mol. The Morgan fingerprint density at radius 2 is 1.93 bits per heavy atom. The zero-order chi connectivity index (χ0) is 21.5. The molecule has 0 saturated carbocycles. The molecule has 2 aromatic rings. The van der Waals surface area contributed by atoms with Crippen LogP contribution in [0.4, 0.5) is 15.8 Å². The number of likely N-dealkylation sites (tertiary alicyclic amines) is 1. The zero-order valence-electron chi connectivity index (χ0n) is 17.5. The highest BCUT2D eigenvalue weighted by atomic mass is 19.1. The third-order valence-electron chi connectivity index (χ3n) is 5.15. The van der Waals surface area contributed by atoms with Gasteiger partial charge in [-0.3, -0.25) is 4.79 Å². The molecular formula is C23H30FN3O3. The van der Waals surface area contributed by atoms with Crippen molar-refractivity contribution in [1.82, 2.24) is 4.90 Å². The summed E-state index contributed by atoms with van der Waals surface area (Å²) in [7, 11) is 0. The van der Waals surface area contributed by atoms with Gasteiger partial charge in [0.25, 0.3) is 0 Å². The van der Waals surface area contributed by atoms with Gasteiger partial charge in [0.05, 0.1) is 5.69 Å². The molecule has 1 fully saturated rings. The fourth-order valence-corrected chi connectivity index (χ4v) is 3.62. The van der Waals surface area contributed by atoms with Gasteiger partial charge in [-0.1, -0.05) is 6.07 Å². The first-order valence-corrected chi connectivity index (χ1v) is 10.3. The summed E-state index contributed by atoms with van der Waals surface area (Å²) < 4.78 is 18.8. The van der Waals surface area contributed by atoms with Gasteiger partial charge in [-0.25, -0.2) is 4.39 Å². The van der Waals surface area contributed by atoms with Gasteiger partial charge >= 0.3 is 0 Å². The molecular weight excluding hydrogens is 385 g/mol. The number of anilines is 2. The molecule has 30 heavy (non-hydrogen) atoms. The largest absolute Gasteiger partial charge is 0.489 e. The summed E-state index contributed by atoms with van der Waals surface area (Å²) in [6, 6.07) is 12.3. The number of halogens is 1. The van der Waals surface area contributed by atoms with Gasteiger partial charge in [0.2, 0.25) is 5.91 Å². The van der Waals surface area contributed by atoms with E-state index in [2.05, 4.69) is 15.5 Å². The summed E-state index contributed by atoms with van der Waals surface area (Å²) in [6.07, 6.45) is 1.28. The van der Waals surface area contributed by atoms with Crippen molar-refractivity contribution < 1.29 is 19.0 Å². The molecule has 1 saturated heterocycles. The minimum Gasteiger partial charge on any atom is -0.489 e. The molecule has 1 atom stereocenters. The molecule has 3 N–H and O–H groups in total. The van der Waals surface area contributed by atoms with Crippen LogP contribution in [0.1, 0.15) is 25.3 Å². The van der Waals surface area contributed by atoms with Crippen molar-refractivity contribution in [1.29, 1.82) is 0 Å². The molecule has 1 amide bonds. The number of benzene rings is 2. The molecule has 3 rings (SSSR count). The van der Waals surface area contributed by atoms with Crippen LogP contribution in [0.3, 0.4) is 0 Å². The molecule has 0 bridgehead atoms. The zero-order valence-corrected chi connectivity index (χ0v) is 17.5. The number of nitrogens with one attached hydrogen (secondary N) is 2. The number of aryl methyl sites for hydroxylation is 1. The number of piperidine rings is 1. The van der Waals surface area contributed by atoms with E-state index in [4.69, 9.17) is 4.74 Å². The highest BCUT2D eigenvalue weighted by molar-refractivity contribution is 5.90. The van der Waals surface area contributed by atoms with Gasteiger partial charge in [0.15, 0.2) is 0 Å². The minimum absolute atomic E-state index is 0.157. The lowest BCUT2D eigenvalue weighted by Crippen LogP contribution is -2.43. The fraction of sp³-hybridized carbons (Fsp3) is 0.435. The van der Waals surface area contributed by atoms with Crippen LogP contribution in [0.2, 0.25) is 0 Å². The van der Waals surface area contributed by atoms with E-state index in [1.807, 2.05) is 19.1 Å². The van der Waals surface area contributed by atoms with E-state index >= 15 is 0 Å². The second-order valence-electron chi connectivity index (χ2n) is 7.87. The topological polar surface area (TPSA) is 73.8 Å². The lowest BCUT2D eigenvalue weighted by molar-refractivity contribution is -0.114. The average Bonchev–Trinajstić information content (AvgIpc) is 2.71. The van der Waals surface area contributed by atoms with Crippen molar-refractivity contribution >= 4 is 17.3 Å². The van der Waals surface area contributed by atoms with Gasteiger partial charge in [-0.05, 0) is 61.7 Å². The number of β-amino-alcohol motifs (C(OH)–C–C–N with tert-alkyl or cyclic N) is 1. The first kappa shape index (κ1) is 22.1. The summed E-state index contributed by atoms with van der Waals surface area (Å²) in [5, 5.41) is 16.6. The van der Waals surface area contributed by atoms with Gasteiger partial charge in [0, 0.05) is 38.3 Å². The second-order valence-corrected chi connectivity index (χ2v) is 7.87. The maximum Gasteiger partial charge on any atom is 0.221 e. The van der Waals surface area contributed by atoms with Crippen molar-refractivity contribution in [3.05, 3.63) is 53.8 Å². The fourth-order valence-electron chi connectivity index (χ4n) is 3.62. The molecule has 1 aliphatic rings. The quantitative estimate of drug-likeness (QED) is 0.616. The van der Waals surface area contributed by atoms with E-state index in [0.29, 0.717) is 24.0 Å². The van der Waals surface area contributed by atoms with E-state index < -0.39 is 6.10 Å². The maximum atomic E-state index is 13.0. The van der Waals surface area contributed by atoms with Crippen molar-refractivity contribution in [3.8, 4) is 5.75 Å². The highest BCUT2D eigenvalue weighted by Crippen LogP contribution is 2.26. The van der Waals surface area contributed by atoms with Crippen molar-refractivity contribution in [2.24, 2.45) is 0 Å². The first-order valence-electron chi connectivity index (χ1n) is 10.3. The third kappa shape index (κ3) is 6.71. The van der Waals surface area contributed by atoms with Crippen LogP contribution in [0.5, 0.6) is 5.75 Å². The summed E-state index contributed by atoms with van der Waals surface area (Å²) in [5.41, 5.74) is 2.55. The molecule has 2 aromatic carbocycles. The minimum atomic E-state index is -0.628. The molecule has 0 radical (unpaired) electrons. The number of ether oxygens (including phenoxy) is 1. The van der Waals surface area contributed by atoms with E-state index in [0.717, 1.165) is 37.2 Å². The highest BCUT2D eigenvalue weighted by Gasteiger charge is 2.21. The number of rotatable bonds is 8. The number of nitrogens with zero attached hydrogens (tertiary/aromatic N) is 1. The normalized spacial score (nSPS) is 16.1. The third-order valence-corrected chi connectivity index (χ3v) is 5.15. The summed E-state index contributed by atoms with van der Waals surface area (Å²) in [4.78, 5) is 13.6. The SMILES string of the molecule is CC(=O)Nc1ccc(C)cc1OCC(O)CN1CCC(Nc2ccc(F)cc2)CC1. The average molecular weight is 416 g/mol. The van der Waals surface area contributed by atoms with Crippen LogP contribution in [0.15, 0.2) is 42.5 Å². The molecule has 1 heterocycles. The Bertz CT molecular complexity index is 836. The van der Waals surface area contributed by atoms with Gasteiger partial charge in [0.1, 0.15) is 24.3 Å². The van der Waals surface area contributed by atoms with Crippen molar-refractivity contribution in [3.63, 3.8) is 0 Å². The lowest BCUT2D eigenvalue weighted by Gasteiger charge is -2.34. The predicted octanol–water partition coefficient (Wildman–Crippen LogP) is 3.41.